The van der Waals surface area contributed by atoms with E-state index in [0.717, 1.165) is 11.4 Å². The van der Waals surface area contributed by atoms with Gasteiger partial charge in [-0.15, -0.1) is 5.10 Å². The summed E-state index contributed by atoms with van der Waals surface area (Å²) in [5.74, 6) is 1.03. The van der Waals surface area contributed by atoms with Crippen LogP contribution in [0.25, 0.3) is 0 Å². The summed E-state index contributed by atoms with van der Waals surface area (Å²) in [5.41, 5.74) is 1.18. The summed E-state index contributed by atoms with van der Waals surface area (Å²) in [6.45, 7) is 4.05. The highest BCUT2D eigenvalue weighted by molar-refractivity contribution is 7.99. The molecule has 0 bridgehead atoms. The summed E-state index contributed by atoms with van der Waals surface area (Å²) >= 11 is 1.44. The van der Waals surface area contributed by atoms with Crippen molar-refractivity contribution in [1.29, 1.82) is 0 Å². The molecule has 8 heteroatoms. The van der Waals surface area contributed by atoms with Crippen LogP contribution in [0, 0.1) is 19.7 Å². The monoisotopic (exact) mass is 309 g/mol. The normalized spacial score (nSPS) is 10.4. The number of urea groups is 1. The summed E-state index contributed by atoms with van der Waals surface area (Å²) in [6, 6.07) is 4.01. The van der Waals surface area contributed by atoms with Gasteiger partial charge in [0.05, 0.1) is 0 Å². The number of hydrogen-bond donors (Lipinski definition) is 3. The Balaban J connectivity index is 1.72. The third-order valence-electron chi connectivity index (χ3n) is 2.50. The first kappa shape index (κ1) is 15.3. The fourth-order valence-electron chi connectivity index (χ4n) is 1.68. The molecule has 0 spiro atoms. The number of anilines is 1. The van der Waals surface area contributed by atoms with Gasteiger partial charge in [0.25, 0.3) is 0 Å². The van der Waals surface area contributed by atoms with E-state index < -0.39 is 0 Å². The number of nitrogens with zero attached hydrogens (tertiary/aromatic N) is 2. The van der Waals surface area contributed by atoms with Gasteiger partial charge in [-0.25, -0.2) is 14.2 Å². The van der Waals surface area contributed by atoms with Crippen molar-refractivity contribution >= 4 is 23.5 Å². The van der Waals surface area contributed by atoms with Gasteiger partial charge in [-0.3, -0.25) is 5.10 Å². The van der Waals surface area contributed by atoms with Crippen LogP contribution in [0.2, 0.25) is 0 Å². The van der Waals surface area contributed by atoms with E-state index in [-0.39, 0.29) is 11.8 Å². The molecular formula is C13H16FN5OS. The number of amides is 2. The number of thioether (sulfide) groups is 1. The van der Waals surface area contributed by atoms with Crippen molar-refractivity contribution in [3.05, 3.63) is 35.4 Å². The molecule has 3 N–H and O–H groups in total. The molecule has 0 saturated heterocycles. The molecule has 112 valence electrons. The average Bonchev–Trinajstić information content (AvgIpc) is 2.79. The number of nitrogens with one attached hydrogen (secondary N) is 3. The first-order valence-electron chi connectivity index (χ1n) is 6.37. The zero-order valence-corrected chi connectivity index (χ0v) is 12.6. The van der Waals surface area contributed by atoms with E-state index in [2.05, 4.69) is 25.8 Å². The minimum atomic E-state index is -0.374. The lowest BCUT2D eigenvalue weighted by molar-refractivity contribution is 0.252. The fourth-order valence-corrected chi connectivity index (χ4v) is 2.38. The van der Waals surface area contributed by atoms with E-state index in [1.165, 1.54) is 23.9 Å². The van der Waals surface area contributed by atoms with Gasteiger partial charge < -0.3 is 10.6 Å². The number of aromatic amines is 1. The van der Waals surface area contributed by atoms with E-state index in [4.69, 9.17) is 0 Å². The first-order valence-corrected chi connectivity index (χ1v) is 7.35. The average molecular weight is 309 g/mol. The summed E-state index contributed by atoms with van der Waals surface area (Å²) in [5, 5.41) is 12.6. The van der Waals surface area contributed by atoms with E-state index in [9.17, 15) is 9.18 Å². The molecule has 1 heterocycles. The van der Waals surface area contributed by atoms with Gasteiger partial charge in [-0.05, 0) is 37.6 Å². The number of aryl methyl sites for hydroxylation is 2. The van der Waals surface area contributed by atoms with Crippen molar-refractivity contribution < 1.29 is 9.18 Å². The van der Waals surface area contributed by atoms with Crippen LogP contribution in [0.15, 0.2) is 23.4 Å². The molecule has 0 atom stereocenters. The summed E-state index contributed by atoms with van der Waals surface area (Å²) in [6.07, 6.45) is 0. The number of H-pyrrole nitrogens is 1. The second kappa shape index (κ2) is 7.07. The molecule has 2 rings (SSSR count). The molecule has 2 amide bonds. The number of hydrogen-bond acceptors (Lipinski definition) is 4. The van der Waals surface area contributed by atoms with Crippen LogP contribution in [0.5, 0.6) is 0 Å². The lowest BCUT2D eigenvalue weighted by atomic mass is 10.2. The van der Waals surface area contributed by atoms with Crippen molar-refractivity contribution in [2.45, 2.75) is 19.0 Å². The van der Waals surface area contributed by atoms with Crippen molar-refractivity contribution in [2.24, 2.45) is 0 Å². The molecule has 0 radical (unpaired) electrons. The molecule has 21 heavy (non-hydrogen) atoms. The largest absolute Gasteiger partial charge is 0.337 e. The first-order chi connectivity index (χ1) is 10.0. The van der Waals surface area contributed by atoms with Gasteiger partial charge in [0, 0.05) is 18.0 Å². The second-order valence-electron chi connectivity index (χ2n) is 4.45. The molecule has 0 unspecified atom stereocenters. The number of carbonyl (C=O) groups is 1. The Labute approximate surface area is 125 Å². The molecule has 0 aliphatic carbocycles. The molecule has 0 saturated carbocycles. The van der Waals surface area contributed by atoms with Crippen molar-refractivity contribution in [1.82, 2.24) is 20.5 Å². The minimum Gasteiger partial charge on any atom is -0.337 e. The fraction of sp³-hybridized carbons (Fsp3) is 0.308. The van der Waals surface area contributed by atoms with Crippen molar-refractivity contribution in [2.75, 3.05) is 17.6 Å². The SMILES string of the molecule is Cc1cc(F)cc(NC(=O)NCCSc2n[nH]c(C)n2)c1. The van der Waals surface area contributed by atoms with Gasteiger partial charge in [0.15, 0.2) is 0 Å². The highest BCUT2D eigenvalue weighted by Gasteiger charge is 2.04. The Bertz CT molecular complexity index is 611. The van der Waals surface area contributed by atoms with Crippen LogP contribution in [0.1, 0.15) is 11.4 Å². The summed E-state index contributed by atoms with van der Waals surface area (Å²) in [4.78, 5) is 15.8. The molecule has 6 nitrogen and oxygen atoms in total. The molecular weight excluding hydrogens is 293 g/mol. The lowest BCUT2D eigenvalue weighted by Crippen LogP contribution is -2.30. The van der Waals surface area contributed by atoms with Crippen LogP contribution in [0.4, 0.5) is 14.9 Å². The Morgan fingerprint density at radius 3 is 2.86 bits per heavy atom. The maximum Gasteiger partial charge on any atom is 0.319 e. The van der Waals surface area contributed by atoms with Crippen LogP contribution < -0.4 is 10.6 Å². The van der Waals surface area contributed by atoms with Gasteiger partial charge in [0.2, 0.25) is 5.16 Å². The van der Waals surface area contributed by atoms with E-state index >= 15 is 0 Å². The minimum absolute atomic E-state index is 0.369. The van der Waals surface area contributed by atoms with Gasteiger partial charge in [0.1, 0.15) is 11.6 Å². The van der Waals surface area contributed by atoms with Crippen molar-refractivity contribution in [3.8, 4) is 0 Å². The Morgan fingerprint density at radius 2 is 2.19 bits per heavy atom. The molecule has 2 aromatic rings. The summed E-state index contributed by atoms with van der Waals surface area (Å²) in [7, 11) is 0. The third-order valence-corrected chi connectivity index (χ3v) is 3.34. The zero-order valence-electron chi connectivity index (χ0n) is 11.7. The zero-order chi connectivity index (χ0) is 15.2. The number of carbonyl (C=O) groups excluding carboxylic acids is 1. The maximum absolute atomic E-state index is 13.2. The Morgan fingerprint density at radius 1 is 1.38 bits per heavy atom. The van der Waals surface area contributed by atoms with Gasteiger partial charge >= 0.3 is 6.03 Å². The predicted octanol–water partition coefficient (Wildman–Crippen LogP) is 2.47. The number of halogens is 1. The molecule has 1 aromatic carbocycles. The quantitative estimate of drug-likeness (QED) is 0.585. The smallest absolute Gasteiger partial charge is 0.319 e. The van der Waals surface area contributed by atoms with E-state index in [1.807, 2.05) is 6.92 Å². The molecule has 0 fully saturated rings. The van der Waals surface area contributed by atoms with Gasteiger partial charge in [-0.1, -0.05) is 11.8 Å². The van der Waals surface area contributed by atoms with E-state index in [0.29, 0.717) is 23.1 Å². The van der Waals surface area contributed by atoms with Crippen LogP contribution in [-0.2, 0) is 0 Å². The molecule has 1 aromatic heterocycles. The highest BCUT2D eigenvalue weighted by Crippen LogP contribution is 2.13. The number of benzene rings is 1. The summed E-state index contributed by atoms with van der Waals surface area (Å²) < 4.78 is 13.2. The number of rotatable bonds is 5. The Hall–Kier alpha value is -2.09. The maximum atomic E-state index is 13.2. The lowest BCUT2D eigenvalue weighted by Gasteiger charge is -2.08. The van der Waals surface area contributed by atoms with Crippen molar-refractivity contribution in [3.63, 3.8) is 0 Å². The van der Waals surface area contributed by atoms with Crippen LogP contribution >= 0.6 is 11.8 Å². The Kier molecular flexibility index (Phi) is 5.15. The molecule has 0 aliphatic heterocycles. The van der Waals surface area contributed by atoms with Crippen LogP contribution in [-0.4, -0.2) is 33.5 Å². The third kappa shape index (κ3) is 5.07. The van der Waals surface area contributed by atoms with Crippen LogP contribution in [0.3, 0.4) is 0 Å². The topological polar surface area (TPSA) is 82.7 Å². The molecule has 0 aliphatic rings. The standard InChI is InChI=1S/C13H16FN5OS/c1-8-5-10(14)7-11(6-8)17-12(20)15-3-4-21-13-16-9(2)18-19-13/h5-7H,3-4H2,1-2H3,(H2,15,17,20)(H,16,18,19). The highest BCUT2D eigenvalue weighted by atomic mass is 32.2. The predicted molar refractivity (Wildman–Crippen MR) is 80.0 cm³/mol. The van der Waals surface area contributed by atoms with Gasteiger partial charge in [-0.2, -0.15) is 0 Å². The number of aromatic nitrogens is 3. The van der Waals surface area contributed by atoms with E-state index in [1.54, 1.807) is 13.0 Å². The second-order valence-corrected chi connectivity index (χ2v) is 5.51.